The van der Waals surface area contributed by atoms with E-state index in [0.29, 0.717) is 19.6 Å². The van der Waals surface area contributed by atoms with Gasteiger partial charge in [0.2, 0.25) is 0 Å². The number of nitrogens with zero attached hydrogens (tertiary/aromatic N) is 1. The number of esters is 1. The summed E-state index contributed by atoms with van der Waals surface area (Å²) >= 11 is 0. The van der Waals surface area contributed by atoms with E-state index in [4.69, 9.17) is 4.74 Å². The van der Waals surface area contributed by atoms with Gasteiger partial charge in [-0.3, -0.25) is 0 Å². The van der Waals surface area contributed by atoms with Gasteiger partial charge in [0.25, 0.3) is 0 Å². The number of carbonyl (C=O) groups is 2. The molecule has 1 heterocycles. The molecule has 80 valence electrons. The molecule has 1 saturated heterocycles. The first kappa shape index (κ1) is 10.8. The Morgan fingerprint density at radius 2 is 2.50 bits per heavy atom. The molecule has 1 rings (SSSR count). The van der Waals surface area contributed by atoms with Gasteiger partial charge in [0.05, 0.1) is 20.3 Å². The van der Waals surface area contributed by atoms with E-state index in [1.54, 1.807) is 0 Å². The zero-order chi connectivity index (χ0) is 10.6. The molecular weight excluding hydrogens is 190 g/mol. The van der Waals surface area contributed by atoms with Gasteiger partial charge in [-0.1, -0.05) is 0 Å². The van der Waals surface area contributed by atoms with Crippen LogP contribution in [0.4, 0.5) is 4.79 Å². The van der Waals surface area contributed by atoms with Gasteiger partial charge in [-0.2, -0.15) is 0 Å². The monoisotopic (exact) mass is 203 g/mol. The van der Waals surface area contributed by atoms with E-state index < -0.39 is 18.2 Å². The number of methoxy groups -OCH3 is 1. The zero-order valence-corrected chi connectivity index (χ0v) is 7.93. The van der Waals surface area contributed by atoms with Gasteiger partial charge in [-0.15, -0.1) is 0 Å². The van der Waals surface area contributed by atoms with Crippen LogP contribution in [-0.2, 0) is 14.3 Å². The third kappa shape index (κ3) is 2.59. The van der Waals surface area contributed by atoms with Gasteiger partial charge in [0, 0.05) is 6.54 Å². The molecule has 0 bridgehead atoms. The zero-order valence-electron chi connectivity index (χ0n) is 7.93. The first-order valence-electron chi connectivity index (χ1n) is 4.32. The predicted octanol–water partition coefficient (Wildman–Crippen LogP) is -0.637. The fraction of sp³-hybridized carbons (Fsp3) is 0.750. The lowest BCUT2D eigenvalue weighted by Gasteiger charge is -2.27. The summed E-state index contributed by atoms with van der Waals surface area (Å²) in [5.41, 5.74) is 0. The Balaban J connectivity index is 2.42. The molecule has 0 spiro atoms. The number of aliphatic hydroxyl groups is 1. The average Bonchev–Trinajstić information content (AvgIpc) is 2.20. The van der Waals surface area contributed by atoms with Crippen molar-refractivity contribution in [2.75, 3.05) is 26.8 Å². The van der Waals surface area contributed by atoms with Crippen molar-refractivity contribution in [2.45, 2.75) is 12.5 Å². The van der Waals surface area contributed by atoms with E-state index in [-0.39, 0.29) is 6.54 Å². The van der Waals surface area contributed by atoms with Gasteiger partial charge in [0.1, 0.15) is 0 Å². The van der Waals surface area contributed by atoms with Crippen LogP contribution < -0.4 is 0 Å². The van der Waals surface area contributed by atoms with Crippen molar-refractivity contribution in [3.8, 4) is 0 Å². The molecule has 0 aromatic heterocycles. The number of carbonyl (C=O) groups excluding carboxylic acids is 2. The van der Waals surface area contributed by atoms with Crippen LogP contribution in [0.25, 0.3) is 0 Å². The maximum Gasteiger partial charge on any atom is 0.409 e. The topological polar surface area (TPSA) is 76.1 Å². The fourth-order valence-electron chi connectivity index (χ4n) is 1.18. The smallest absolute Gasteiger partial charge is 0.409 e. The first-order valence-corrected chi connectivity index (χ1v) is 4.32. The largest absolute Gasteiger partial charge is 0.467 e. The number of β-amino-alcohol motifs (C(OH)–C–C–N with tert-alkyl or cyclic N) is 1. The van der Waals surface area contributed by atoms with Crippen LogP contribution >= 0.6 is 0 Å². The average molecular weight is 203 g/mol. The SMILES string of the molecule is COC(=O)C(O)CN1CCCOC1=O. The maximum absolute atomic E-state index is 11.1. The molecule has 6 nitrogen and oxygen atoms in total. The summed E-state index contributed by atoms with van der Waals surface area (Å²) in [5.74, 6) is -0.747. The molecule has 0 saturated carbocycles. The van der Waals surface area contributed by atoms with E-state index in [1.807, 2.05) is 0 Å². The van der Waals surface area contributed by atoms with Gasteiger partial charge in [-0.25, -0.2) is 9.59 Å². The van der Waals surface area contributed by atoms with Crippen molar-refractivity contribution >= 4 is 12.1 Å². The molecule has 1 N–H and O–H groups in total. The molecule has 0 aromatic carbocycles. The van der Waals surface area contributed by atoms with Crippen molar-refractivity contribution in [1.82, 2.24) is 4.90 Å². The summed E-state index contributed by atoms with van der Waals surface area (Å²) < 4.78 is 9.05. The molecule has 1 fully saturated rings. The number of cyclic esters (lactones) is 1. The van der Waals surface area contributed by atoms with Gasteiger partial charge < -0.3 is 19.5 Å². The highest BCUT2D eigenvalue weighted by atomic mass is 16.6. The highest BCUT2D eigenvalue weighted by molar-refractivity contribution is 5.76. The molecule has 1 aliphatic rings. The standard InChI is InChI=1S/C8H13NO5/c1-13-7(11)6(10)5-9-3-2-4-14-8(9)12/h6,10H,2-5H2,1H3. The Morgan fingerprint density at radius 3 is 3.07 bits per heavy atom. The van der Waals surface area contributed by atoms with Gasteiger partial charge in [0.15, 0.2) is 6.10 Å². The molecule has 0 aliphatic carbocycles. The summed E-state index contributed by atoms with van der Waals surface area (Å²) in [6, 6.07) is 0. The molecule has 1 aliphatic heterocycles. The summed E-state index contributed by atoms with van der Waals surface area (Å²) in [6.45, 7) is 0.808. The molecule has 6 heteroatoms. The lowest BCUT2D eigenvalue weighted by atomic mass is 10.3. The van der Waals surface area contributed by atoms with Crippen LogP contribution in [0.1, 0.15) is 6.42 Å². The normalized spacial score (nSPS) is 18.7. The van der Waals surface area contributed by atoms with Crippen LogP contribution in [0.5, 0.6) is 0 Å². The van der Waals surface area contributed by atoms with Gasteiger partial charge in [-0.05, 0) is 6.42 Å². The van der Waals surface area contributed by atoms with Crippen LogP contribution in [0.15, 0.2) is 0 Å². The Hall–Kier alpha value is -1.30. The van der Waals surface area contributed by atoms with E-state index >= 15 is 0 Å². The van der Waals surface area contributed by atoms with Crippen molar-refractivity contribution in [3.05, 3.63) is 0 Å². The quantitative estimate of drug-likeness (QED) is 0.617. The second-order valence-electron chi connectivity index (χ2n) is 2.95. The maximum atomic E-state index is 11.1. The molecular formula is C8H13NO5. The van der Waals surface area contributed by atoms with Crippen molar-refractivity contribution in [2.24, 2.45) is 0 Å². The Kier molecular flexibility index (Phi) is 3.70. The Bertz CT molecular complexity index is 230. The van der Waals surface area contributed by atoms with Crippen LogP contribution in [0.3, 0.4) is 0 Å². The summed E-state index contributed by atoms with van der Waals surface area (Å²) in [5, 5.41) is 9.26. The minimum Gasteiger partial charge on any atom is -0.467 e. The fourth-order valence-corrected chi connectivity index (χ4v) is 1.18. The molecule has 14 heavy (non-hydrogen) atoms. The molecule has 0 radical (unpaired) electrons. The summed E-state index contributed by atoms with van der Waals surface area (Å²) in [6.07, 6.45) is -1.09. The third-order valence-electron chi connectivity index (χ3n) is 1.92. The molecule has 1 unspecified atom stereocenters. The first-order chi connectivity index (χ1) is 6.65. The van der Waals surface area contributed by atoms with Gasteiger partial charge >= 0.3 is 12.1 Å². The minimum absolute atomic E-state index is 0.0779. The highest BCUT2D eigenvalue weighted by Gasteiger charge is 2.25. The second kappa shape index (κ2) is 4.80. The summed E-state index contributed by atoms with van der Waals surface area (Å²) in [4.78, 5) is 23.2. The van der Waals surface area contributed by atoms with Crippen LogP contribution in [-0.4, -0.2) is 55.0 Å². The predicted molar refractivity (Wildman–Crippen MR) is 45.6 cm³/mol. The highest BCUT2D eigenvalue weighted by Crippen LogP contribution is 2.05. The second-order valence-corrected chi connectivity index (χ2v) is 2.95. The minimum atomic E-state index is -1.30. The lowest BCUT2D eigenvalue weighted by Crippen LogP contribution is -2.44. The number of hydrogen-bond donors (Lipinski definition) is 1. The number of hydrogen-bond acceptors (Lipinski definition) is 5. The van der Waals surface area contributed by atoms with Crippen LogP contribution in [0.2, 0.25) is 0 Å². The lowest BCUT2D eigenvalue weighted by molar-refractivity contribution is -0.151. The number of ether oxygens (including phenoxy) is 2. The van der Waals surface area contributed by atoms with E-state index in [2.05, 4.69) is 4.74 Å². The van der Waals surface area contributed by atoms with E-state index in [1.165, 1.54) is 12.0 Å². The van der Waals surface area contributed by atoms with E-state index in [9.17, 15) is 14.7 Å². The van der Waals surface area contributed by atoms with E-state index in [0.717, 1.165) is 0 Å². The molecule has 1 atom stereocenters. The Morgan fingerprint density at radius 1 is 1.79 bits per heavy atom. The summed E-state index contributed by atoms with van der Waals surface area (Å²) in [7, 11) is 1.18. The number of amides is 1. The molecule has 1 amide bonds. The molecule has 0 aromatic rings. The third-order valence-corrected chi connectivity index (χ3v) is 1.92. The van der Waals surface area contributed by atoms with Crippen LogP contribution in [0, 0.1) is 0 Å². The van der Waals surface area contributed by atoms with Crippen molar-refractivity contribution < 1.29 is 24.2 Å². The van der Waals surface area contributed by atoms with Crippen molar-refractivity contribution in [1.29, 1.82) is 0 Å². The Labute approximate surface area is 81.4 Å². The number of rotatable bonds is 3. The van der Waals surface area contributed by atoms with Crippen molar-refractivity contribution in [3.63, 3.8) is 0 Å². The number of aliphatic hydroxyl groups excluding tert-OH is 1.